The van der Waals surface area contributed by atoms with Gasteiger partial charge in [-0.05, 0) is 37.6 Å². The standard InChI is InChI=1S/C16H22N2O2S/c1-4-14-16(11(2)17)21-15(18-14)9-10-20-13-7-5-12(19-3)6-8-13/h5-8,11H,4,9-10,17H2,1-3H3. The molecule has 2 rings (SSSR count). The van der Waals surface area contributed by atoms with E-state index < -0.39 is 0 Å². The van der Waals surface area contributed by atoms with Gasteiger partial charge in [0.1, 0.15) is 11.5 Å². The van der Waals surface area contributed by atoms with Crippen molar-refractivity contribution in [2.75, 3.05) is 13.7 Å². The number of nitrogens with two attached hydrogens (primary N) is 1. The first-order chi connectivity index (χ1) is 10.1. The molecule has 1 aromatic heterocycles. The fourth-order valence-electron chi connectivity index (χ4n) is 2.06. The maximum atomic E-state index is 5.98. The summed E-state index contributed by atoms with van der Waals surface area (Å²) < 4.78 is 10.9. The number of ether oxygens (including phenoxy) is 2. The molecular weight excluding hydrogens is 284 g/mol. The Labute approximate surface area is 129 Å². The van der Waals surface area contributed by atoms with E-state index in [1.165, 1.54) is 4.88 Å². The highest BCUT2D eigenvalue weighted by molar-refractivity contribution is 7.11. The van der Waals surface area contributed by atoms with Gasteiger partial charge in [0.25, 0.3) is 0 Å². The van der Waals surface area contributed by atoms with Gasteiger partial charge in [0.15, 0.2) is 0 Å². The summed E-state index contributed by atoms with van der Waals surface area (Å²) in [7, 11) is 1.65. The zero-order chi connectivity index (χ0) is 15.2. The van der Waals surface area contributed by atoms with Crippen molar-refractivity contribution in [3.63, 3.8) is 0 Å². The Balaban J connectivity index is 1.90. The molecule has 5 heteroatoms. The lowest BCUT2D eigenvalue weighted by Gasteiger charge is -2.05. The van der Waals surface area contributed by atoms with E-state index in [9.17, 15) is 0 Å². The van der Waals surface area contributed by atoms with Crippen LogP contribution in [-0.4, -0.2) is 18.7 Å². The van der Waals surface area contributed by atoms with Gasteiger partial charge in [0, 0.05) is 17.3 Å². The maximum Gasteiger partial charge on any atom is 0.119 e. The molecule has 0 bridgehead atoms. The highest BCUT2D eigenvalue weighted by Gasteiger charge is 2.12. The molecule has 0 radical (unpaired) electrons. The maximum absolute atomic E-state index is 5.98. The monoisotopic (exact) mass is 306 g/mol. The Morgan fingerprint density at radius 1 is 1.24 bits per heavy atom. The number of benzene rings is 1. The highest BCUT2D eigenvalue weighted by Crippen LogP contribution is 2.25. The fraction of sp³-hybridized carbons (Fsp3) is 0.438. The quantitative estimate of drug-likeness (QED) is 0.852. The summed E-state index contributed by atoms with van der Waals surface area (Å²) in [5, 5.41) is 1.09. The Hall–Kier alpha value is -1.59. The average molecular weight is 306 g/mol. The van der Waals surface area contributed by atoms with Crippen molar-refractivity contribution in [1.29, 1.82) is 0 Å². The second kappa shape index (κ2) is 7.43. The van der Waals surface area contributed by atoms with Crippen molar-refractivity contribution in [1.82, 2.24) is 4.98 Å². The van der Waals surface area contributed by atoms with Crippen molar-refractivity contribution in [2.24, 2.45) is 5.73 Å². The van der Waals surface area contributed by atoms with Gasteiger partial charge >= 0.3 is 0 Å². The molecule has 0 amide bonds. The van der Waals surface area contributed by atoms with E-state index in [4.69, 9.17) is 15.2 Å². The van der Waals surface area contributed by atoms with Crippen molar-refractivity contribution in [3.8, 4) is 11.5 Å². The normalized spacial score (nSPS) is 12.2. The van der Waals surface area contributed by atoms with Gasteiger partial charge < -0.3 is 15.2 Å². The van der Waals surface area contributed by atoms with Gasteiger partial charge in [-0.15, -0.1) is 11.3 Å². The van der Waals surface area contributed by atoms with Gasteiger partial charge in [-0.25, -0.2) is 4.98 Å². The number of aryl methyl sites for hydroxylation is 1. The molecular formula is C16H22N2O2S. The zero-order valence-corrected chi connectivity index (χ0v) is 13.6. The molecule has 1 heterocycles. The molecule has 0 saturated carbocycles. The zero-order valence-electron chi connectivity index (χ0n) is 12.8. The van der Waals surface area contributed by atoms with E-state index in [0.29, 0.717) is 6.61 Å². The Morgan fingerprint density at radius 3 is 2.43 bits per heavy atom. The number of hydrogen-bond acceptors (Lipinski definition) is 5. The lowest BCUT2D eigenvalue weighted by atomic mass is 10.2. The molecule has 0 spiro atoms. The van der Waals surface area contributed by atoms with Gasteiger partial charge in [0.05, 0.1) is 24.4 Å². The molecule has 114 valence electrons. The minimum atomic E-state index is 0.0497. The molecule has 0 aliphatic carbocycles. The van der Waals surface area contributed by atoms with Crippen molar-refractivity contribution in [3.05, 3.63) is 39.8 Å². The van der Waals surface area contributed by atoms with Crippen molar-refractivity contribution in [2.45, 2.75) is 32.7 Å². The number of rotatable bonds is 7. The van der Waals surface area contributed by atoms with E-state index >= 15 is 0 Å². The second-order valence-corrected chi connectivity index (χ2v) is 5.95. The van der Waals surface area contributed by atoms with E-state index in [1.54, 1.807) is 18.4 Å². The molecule has 2 aromatic rings. The first-order valence-corrected chi connectivity index (χ1v) is 7.96. The molecule has 4 nitrogen and oxygen atoms in total. The lowest BCUT2D eigenvalue weighted by molar-refractivity contribution is 0.321. The summed E-state index contributed by atoms with van der Waals surface area (Å²) in [5.41, 5.74) is 7.10. The van der Waals surface area contributed by atoms with Crippen LogP contribution in [0, 0.1) is 0 Å². The summed E-state index contributed by atoms with van der Waals surface area (Å²) >= 11 is 1.70. The van der Waals surface area contributed by atoms with E-state index in [-0.39, 0.29) is 6.04 Å². The molecule has 21 heavy (non-hydrogen) atoms. The Kier molecular flexibility index (Phi) is 5.59. The minimum absolute atomic E-state index is 0.0497. The predicted molar refractivity (Wildman–Crippen MR) is 86.3 cm³/mol. The number of hydrogen-bond donors (Lipinski definition) is 1. The topological polar surface area (TPSA) is 57.4 Å². The number of methoxy groups -OCH3 is 1. The van der Waals surface area contributed by atoms with E-state index in [1.807, 2.05) is 31.2 Å². The van der Waals surface area contributed by atoms with Crippen LogP contribution in [0.3, 0.4) is 0 Å². The molecule has 1 unspecified atom stereocenters. The molecule has 0 saturated heterocycles. The average Bonchev–Trinajstić information content (AvgIpc) is 2.91. The van der Waals surface area contributed by atoms with Crippen LogP contribution >= 0.6 is 11.3 Å². The van der Waals surface area contributed by atoms with Gasteiger partial charge in [0.2, 0.25) is 0 Å². The molecule has 2 N–H and O–H groups in total. The smallest absolute Gasteiger partial charge is 0.119 e. The first-order valence-electron chi connectivity index (χ1n) is 7.15. The van der Waals surface area contributed by atoms with Crippen LogP contribution in [0.1, 0.15) is 35.5 Å². The van der Waals surface area contributed by atoms with Crippen LogP contribution in [0.25, 0.3) is 0 Å². The van der Waals surface area contributed by atoms with E-state index in [2.05, 4.69) is 11.9 Å². The summed E-state index contributed by atoms with van der Waals surface area (Å²) in [6, 6.07) is 7.65. The van der Waals surface area contributed by atoms with Crippen molar-refractivity contribution < 1.29 is 9.47 Å². The Morgan fingerprint density at radius 2 is 1.90 bits per heavy atom. The third-order valence-corrected chi connectivity index (χ3v) is 4.52. The van der Waals surface area contributed by atoms with Gasteiger partial charge in [-0.2, -0.15) is 0 Å². The molecule has 1 aromatic carbocycles. The van der Waals surface area contributed by atoms with Crippen LogP contribution in [0.15, 0.2) is 24.3 Å². The van der Waals surface area contributed by atoms with E-state index in [0.717, 1.165) is 35.0 Å². The van der Waals surface area contributed by atoms with Crippen LogP contribution in [0.5, 0.6) is 11.5 Å². The predicted octanol–water partition coefficient (Wildman–Crippen LogP) is 3.36. The Bertz CT molecular complexity index is 564. The summed E-state index contributed by atoms with van der Waals surface area (Å²) in [6.45, 7) is 4.73. The second-order valence-electron chi connectivity index (χ2n) is 4.83. The van der Waals surface area contributed by atoms with Crippen LogP contribution < -0.4 is 15.2 Å². The van der Waals surface area contributed by atoms with Crippen LogP contribution in [-0.2, 0) is 12.8 Å². The number of nitrogens with zero attached hydrogens (tertiary/aromatic N) is 1. The molecule has 0 aliphatic rings. The largest absolute Gasteiger partial charge is 0.497 e. The van der Waals surface area contributed by atoms with Gasteiger partial charge in [-0.3, -0.25) is 0 Å². The SMILES string of the molecule is CCc1nc(CCOc2ccc(OC)cc2)sc1C(C)N. The summed E-state index contributed by atoms with van der Waals surface area (Å²) in [4.78, 5) is 5.84. The highest BCUT2D eigenvalue weighted by atomic mass is 32.1. The van der Waals surface area contributed by atoms with Gasteiger partial charge in [-0.1, -0.05) is 6.92 Å². The van der Waals surface area contributed by atoms with Crippen molar-refractivity contribution >= 4 is 11.3 Å². The molecule has 0 fully saturated rings. The number of thiazole rings is 1. The fourth-order valence-corrected chi connectivity index (χ4v) is 3.15. The third kappa shape index (κ3) is 4.19. The number of aromatic nitrogens is 1. The molecule has 0 aliphatic heterocycles. The van der Waals surface area contributed by atoms with Crippen LogP contribution in [0.2, 0.25) is 0 Å². The summed E-state index contributed by atoms with van der Waals surface area (Å²) in [6.07, 6.45) is 1.73. The molecule has 1 atom stereocenters. The minimum Gasteiger partial charge on any atom is -0.497 e. The summed E-state index contributed by atoms with van der Waals surface area (Å²) in [5.74, 6) is 1.67. The third-order valence-electron chi connectivity index (χ3n) is 3.16. The lowest BCUT2D eigenvalue weighted by Crippen LogP contribution is -2.05. The first kappa shape index (κ1) is 15.8. The van der Waals surface area contributed by atoms with Crippen LogP contribution in [0.4, 0.5) is 0 Å².